The van der Waals surface area contributed by atoms with Gasteiger partial charge in [-0.1, -0.05) is 11.6 Å². The van der Waals surface area contributed by atoms with Gasteiger partial charge in [0.15, 0.2) is 16.6 Å². The molecule has 0 amide bonds. The van der Waals surface area contributed by atoms with Crippen LogP contribution in [0.5, 0.6) is 11.5 Å². The first-order chi connectivity index (χ1) is 14.5. The third kappa shape index (κ3) is 3.39. The van der Waals surface area contributed by atoms with Gasteiger partial charge in [-0.05, 0) is 72.4 Å². The van der Waals surface area contributed by atoms with Crippen LogP contribution in [0.15, 0.2) is 41.2 Å². The highest BCUT2D eigenvalue weighted by Gasteiger charge is 2.33. The van der Waals surface area contributed by atoms with E-state index in [-0.39, 0.29) is 11.6 Å². The zero-order valence-electron chi connectivity index (χ0n) is 17.5. The summed E-state index contributed by atoms with van der Waals surface area (Å²) in [4.78, 5) is 18.3. The number of rotatable bonds is 3. The first kappa shape index (κ1) is 20.2. The molecule has 1 atom stereocenters. The van der Waals surface area contributed by atoms with Gasteiger partial charge in [-0.2, -0.15) is 0 Å². The number of hydrogen-bond acceptors (Lipinski definition) is 4. The third-order valence-corrected chi connectivity index (χ3v) is 6.11. The lowest BCUT2D eigenvalue weighted by molar-refractivity contribution is 0.324. The second-order valence-electron chi connectivity index (χ2n) is 7.45. The number of aryl methyl sites for hydroxylation is 1. The van der Waals surface area contributed by atoms with E-state index >= 15 is 0 Å². The van der Waals surface area contributed by atoms with E-state index in [1.54, 1.807) is 21.3 Å². The van der Waals surface area contributed by atoms with Crippen LogP contribution < -0.4 is 20.3 Å². The van der Waals surface area contributed by atoms with E-state index in [1.807, 2.05) is 37.3 Å². The summed E-state index contributed by atoms with van der Waals surface area (Å²) in [6.07, 6.45) is 0.790. The van der Waals surface area contributed by atoms with Crippen LogP contribution in [0.3, 0.4) is 0 Å². The summed E-state index contributed by atoms with van der Waals surface area (Å²) in [6.45, 7) is 2.73. The molecule has 1 aliphatic heterocycles. The van der Waals surface area contributed by atoms with Crippen molar-refractivity contribution in [2.24, 2.45) is 0 Å². The fourth-order valence-electron chi connectivity index (χ4n) is 4.19. The van der Waals surface area contributed by atoms with Crippen molar-refractivity contribution in [1.82, 2.24) is 15.2 Å². The fourth-order valence-corrected chi connectivity index (χ4v) is 4.39. The Hall–Kier alpha value is -3.06. The smallest absolute Gasteiger partial charge is 0.254 e. The highest BCUT2D eigenvalue weighted by atomic mass is 32.1. The highest BCUT2D eigenvalue weighted by Crippen LogP contribution is 2.40. The lowest BCUT2D eigenvalue weighted by Crippen LogP contribution is -2.46. The Balaban J connectivity index is 1.97. The molecule has 0 radical (unpaired) electrons. The quantitative estimate of drug-likeness (QED) is 0.630. The minimum atomic E-state index is -0.331. The summed E-state index contributed by atoms with van der Waals surface area (Å²) in [5.74, 6) is 1.31. The number of aromatic amines is 1. The minimum absolute atomic E-state index is 0.122. The molecule has 1 aliphatic rings. The molecular weight excluding hydrogens is 398 g/mol. The van der Waals surface area contributed by atoms with Gasteiger partial charge in [0.25, 0.3) is 5.56 Å². The maximum atomic E-state index is 13.2. The first-order valence-electron chi connectivity index (χ1n) is 9.83. The molecule has 0 saturated carbocycles. The largest absolute Gasteiger partial charge is 0.493 e. The molecule has 1 aromatic heterocycles. The highest BCUT2D eigenvalue weighted by molar-refractivity contribution is 7.80. The monoisotopic (exact) mass is 423 g/mol. The first-order valence-corrected chi connectivity index (χ1v) is 10.2. The predicted molar refractivity (Wildman–Crippen MR) is 123 cm³/mol. The van der Waals surface area contributed by atoms with Gasteiger partial charge in [-0.15, -0.1) is 0 Å². The Kier molecular flexibility index (Phi) is 5.39. The summed E-state index contributed by atoms with van der Waals surface area (Å²) in [6, 6.07) is 11.6. The Labute approximate surface area is 180 Å². The molecule has 156 valence electrons. The summed E-state index contributed by atoms with van der Waals surface area (Å²) in [7, 11) is 5.05. The Morgan fingerprint density at radius 3 is 2.57 bits per heavy atom. The number of ether oxygens (including phenoxy) is 2. The molecule has 6 nitrogen and oxygen atoms in total. The predicted octanol–water partition coefficient (Wildman–Crippen LogP) is 3.31. The maximum Gasteiger partial charge on any atom is 0.254 e. The van der Waals surface area contributed by atoms with Crippen molar-refractivity contribution in [3.8, 4) is 11.5 Å². The van der Waals surface area contributed by atoms with E-state index < -0.39 is 0 Å². The van der Waals surface area contributed by atoms with Crippen molar-refractivity contribution in [3.05, 3.63) is 69.0 Å². The third-order valence-electron chi connectivity index (χ3n) is 5.67. The Morgan fingerprint density at radius 1 is 1.13 bits per heavy atom. The Bertz CT molecular complexity index is 1190. The maximum absolute atomic E-state index is 13.2. The van der Waals surface area contributed by atoms with Crippen LogP contribution in [-0.2, 0) is 6.42 Å². The number of pyridine rings is 1. The van der Waals surface area contributed by atoms with Crippen LogP contribution >= 0.6 is 12.2 Å². The van der Waals surface area contributed by atoms with Gasteiger partial charge in [0.2, 0.25) is 0 Å². The number of nitrogens with one attached hydrogen (secondary N) is 2. The topological polar surface area (TPSA) is 66.6 Å². The second kappa shape index (κ2) is 7.99. The van der Waals surface area contributed by atoms with E-state index in [9.17, 15) is 4.79 Å². The fraction of sp³-hybridized carbons (Fsp3) is 0.304. The number of thiocarbonyl (C=S) groups is 1. The van der Waals surface area contributed by atoms with Gasteiger partial charge in [-0.25, -0.2) is 0 Å². The van der Waals surface area contributed by atoms with Crippen molar-refractivity contribution in [3.63, 3.8) is 0 Å². The Morgan fingerprint density at radius 2 is 1.87 bits per heavy atom. The molecule has 2 aromatic carbocycles. The number of fused-ring (bicyclic) bond motifs is 2. The van der Waals surface area contributed by atoms with Gasteiger partial charge in [-0.3, -0.25) is 4.79 Å². The molecule has 4 rings (SSSR count). The van der Waals surface area contributed by atoms with Crippen molar-refractivity contribution < 1.29 is 9.47 Å². The van der Waals surface area contributed by atoms with E-state index in [0.717, 1.165) is 34.0 Å². The molecule has 2 N–H and O–H groups in total. The normalized spacial score (nSPS) is 15.6. The van der Waals surface area contributed by atoms with Gasteiger partial charge in [0.05, 0.1) is 20.3 Å². The van der Waals surface area contributed by atoms with Crippen molar-refractivity contribution in [1.29, 1.82) is 0 Å². The standard InChI is InChI=1S/C23H25N3O3S/c1-13-5-6-18-15(9-13)10-17(22(27)25-18)21-16-12-20(29-4)19(28-3)11-14(16)7-8-26(21)23(30)24-2/h5-6,9-12,21H,7-8H2,1-4H3,(H,24,30)(H,25,27)/t21-/m0/s1. The van der Waals surface area contributed by atoms with Crippen LogP contribution in [0, 0.1) is 6.92 Å². The number of benzene rings is 2. The molecule has 30 heavy (non-hydrogen) atoms. The van der Waals surface area contributed by atoms with Gasteiger partial charge in [0, 0.05) is 24.7 Å². The van der Waals surface area contributed by atoms with Crippen molar-refractivity contribution >= 4 is 28.2 Å². The lowest BCUT2D eigenvalue weighted by atomic mass is 9.88. The summed E-state index contributed by atoms with van der Waals surface area (Å²) in [5, 5.41) is 4.67. The number of nitrogens with zero attached hydrogens (tertiary/aromatic N) is 1. The molecule has 2 heterocycles. The molecule has 0 saturated heterocycles. The average molecular weight is 424 g/mol. The zero-order valence-corrected chi connectivity index (χ0v) is 18.4. The molecule has 0 unspecified atom stereocenters. The number of H-pyrrole nitrogens is 1. The van der Waals surface area contributed by atoms with Crippen LogP contribution in [-0.4, -0.2) is 42.8 Å². The van der Waals surface area contributed by atoms with Crippen molar-refractivity contribution in [2.45, 2.75) is 19.4 Å². The summed E-state index contributed by atoms with van der Waals surface area (Å²) < 4.78 is 11.0. The average Bonchev–Trinajstić information content (AvgIpc) is 2.76. The molecular formula is C23H25N3O3S. The SMILES string of the molecule is CNC(=S)N1CCc2cc(OC)c(OC)cc2[C@H]1c1cc2cc(C)ccc2[nH]c1=O. The second-order valence-corrected chi connectivity index (χ2v) is 7.84. The van der Waals surface area contributed by atoms with E-state index in [4.69, 9.17) is 21.7 Å². The van der Waals surface area contributed by atoms with Crippen molar-refractivity contribution in [2.75, 3.05) is 27.8 Å². The summed E-state index contributed by atoms with van der Waals surface area (Å²) >= 11 is 5.60. The van der Waals surface area contributed by atoms with Crippen LogP contribution in [0.4, 0.5) is 0 Å². The molecule has 7 heteroatoms. The minimum Gasteiger partial charge on any atom is -0.493 e. The van der Waals surface area contributed by atoms with Gasteiger partial charge < -0.3 is 24.7 Å². The van der Waals surface area contributed by atoms with Crippen LogP contribution in [0.1, 0.15) is 28.3 Å². The lowest BCUT2D eigenvalue weighted by Gasteiger charge is -2.39. The molecule has 0 bridgehead atoms. The molecule has 3 aromatic rings. The van der Waals surface area contributed by atoms with Crippen LogP contribution in [0.2, 0.25) is 0 Å². The summed E-state index contributed by atoms with van der Waals surface area (Å²) in [5.41, 5.74) is 4.60. The molecule has 0 aliphatic carbocycles. The molecule has 0 spiro atoms. The number of hydrogen-bond donors (Lipinski definition) is 2. The van der Waals surface area contributed by atoms with Gasteiger partial charge in [0.1, 0.15) is 0 Å². The number of methoxy groups -OCH3 is 2. The zero-order chi connectivity index (χ0) is 21.4. The molecule has 0 fully saturated rings. The van der Waals surface area contributed by atoms with E-state index in [1.165, 1.54) is 0 Å². The van der Waals surface area contributed by atoms with Gasteiger partial charge >= 0.3 is 0 Å². The van der Waals surface area contributed by atoms with E-state index in [2.05, 4.69) is 21.3 Å². The van der Waals surface area contributed by atoms with E-state index in [0.29, 0.717) is 28.7 Å². The van der Waals surface area contributed by atoms with Crippen LogP contribution in [0.25, 0.3) is 10.9 Å². The number of aromatic nitrogens is 1.